The molecule has 0 aliphatic heterocycles. The summed E-state index contributed by atoms with van der Waals surface area (Å²) in [7, 11) is 1.96. The molecule has 0 rings (SSSR count). The van der Waals surface area contributed by atoms with Crippen LogP contribution in [-0.2, 0) is 0 Å². The van der Waals surface area contributed by atoms with Crippen LogP contribution < -0.4 is 10.6 Å². The Morgan fingerprint density at radius 2 is 2.11 bits per heavy atom. The van der Waals surface area contributed by atoms with Crippen molar-refractivity contribution in [1.82, 2.24) is 10.6 Å². The average molecular weight is 337 g/mol. The quantitative estimate of drug-likeness (QED) is 0.382. The smallest absolute Gasteiger partial charge is 0.103 e. The Bertz CT molecular complexity index is 307. The highest BCUT2D eigenvalue weighted by Gasteiger charge is 2.00. The second-order valence-electron chi connectivity index (χ2n) is 3.89. The summed E-state index contributed by atoms with van der Waals surface area (Å²) in [4.78, 5) is 4.08. The van der Waals surface area contributed by atoms with Crippen LogP contribution in [0.3, 0.4) is 0 Å². The van der Waals surface area contributed by atoms with Crippen LogP contribution in [0.4, 0.5) is 0 Å². The van der Waals surface area contributed by atoms with Gasteiger partial charge in [0, 0.05) is 18.4 Å². The molecule has 18 heavy (non-hydrogen) atoms. The van der Waals surface area contributed by atoms with E-state index in [1.54, 1.807) is 13.1 Å². The molecule has 3 nitrogen and oxygen atoms in total. The molecule has 0 heterocycles. The van der Waals surface area contributed by atoms with Crippen molar-refractivity contribution in [3.05, 3.63) is 22.5 Å². The van der Waals surface area contributed by atoms with Crippen LogP contribution in [0, 0.1) is 0 Å². The van der Waals surface area contributed by atoms with Gasteiger partial charge in [0.05, 0.1) is 4.48 Å². The van der Waals surface area contributed by atoms with Crippen molar-refractivity contribution in [2.24, 2.45) is 4.99 Å². The predicted octanol–water partition coefficient (Wildman–Crippen LogP) is 3.76. The van der Waals surface area contributed by atoms with Crippen LogP contribution >= 0.6 is 27.5 Å². The fourth-order valence-electron chi connectivity index (χ4n) is 1.25. The summed E-state index contributed by atoms with van der Waals surface area (Å²) in [6.45, 7) is 5.86. The Hall–Kier alpha value is -0.320. The van der Waals surface area contributed by atoms with E-state index >= 15 is 0 Å². The number of rotatable bonds is 9. The Morgan fingerprint density at radius 3 is 2.67 bits per heavy atom. The SMILES string of the molecule is CCC/C=C(NCCCNC)/C(Br)=C\N=C(C)Cl. The molecular weight excluding hydrogens is 314 g/mol. The van der Waals surface area contributed by atoms with Gasteiger partial charge in [-0.2, -0.15) is 0 Å². The van der Waals surface area contributed by atoms with Gasteiger partial charge in [-0.25, -0.2) is 4.99 Å². The maximum atomic E-state index is 5.71. The average Bonchev–Trinajstić information content (AvgIpc) is 2.35. The van der Waals surface area contributed by atoms with Crippen LogP contribution in [0.2, 0.25) is 0 Å². The molecular formula is C13H23BrClN3. The number of unbranched alkanes of at least 4 members (excludes halogenated alkanes) is 1. The predicted molar refractivity (Wildman–Crippen MR) is 85.5 cm³/mol. The van der Waals surface area contributed by atoms with E-state index < -0.39 is 0 Å². The van der Waals surface area contributed by atoms with Crippen LogP contribution in [0.1, 0.15) is 33.1 Å². The van der Waals surface area contributed by atoms with Crippen molar-refractivity contribution in [2.75, 3.05) is 20.1 Å². The minimum atomic E-state index is 0.525. The summed E-state index contributed by atoms with van der Waals surface area (Å²) in [6.07, 6.45) is 7.16. The summed E-state index contributed by atoms with van der Waals surface area (Å²) in [5.41, 5.74) is 1.08. The third kappa shape index (κ3) is 9.68. The molecule has 2 N–H and O–H groups in total. The molecule has 0 saturated heterocycles. The summed E-state index contributed by atoms with van der Waals surface area (Å²) in [5.74, 6) is 0. The van der Waals surface area contributed by atoms with Gasteiger partial charge < -0.3 is 10.6 Å². The number of hydrogen-bond acceptors (Lipinski definition) is 3. The summed E-state index contributed by atoms with van der Waals surface area (Å²) in [6, 6.07) is 0. The third-order valence-corrected chi connectivity index (χ3v) is 2.90. The molecule has 0 atom stereocenters. The van der Waals surface area contributed by atoms with Gasteiger partial charge in [-0.3, -0.25) is 0 Å². The lowest BCUT2D eigenvalue weighted by atomic mass is 10.2. The van der Waals surface area contributed by atoms with Crippen LogP contribution in [0.5, 0.6) is 0 Å². The maximum Gasteiger partial charge on any atom is 0.103 e. The Labute approximate surface area is 124 Å². The molecule has 0 saturated carbocycles. The van der Waals surface area contributed by atoms with E-state index in [-0.39, 0.29) is 0 Å². The fraction of sp³-hybridized carbons (Fsp3) is 0.615. The number of hydrogen-bond donors (Lipinski definition) is 2. The molecule has 0 aliphatic carbocycles. The van der Waals surface area contributed by atoms with Crippen molar-refractivity contribution in [1.29, 1.82) is 0 Å². The first-order valence-electron chi connectivity index (χ1n) is 6.26. The molecule has 5 heteroatoms. The topological polar surface area (TPSA) is 36.4 Å². The van der Waals surface area contributed by atoms with Crippen LogP contribution in [0.25, 0.3) is 0 Å². The van der Waals surface area contributed by atoms with E-state index in [9.17, 15) is 0 Å². The van der Waals surface area contributed by atoms with Gasteiger partial charge in [-0.1, -0.05) is 31.0 Å². The van der Waals surface area contributed by atoms with E-state index in [0.29, 0.717) is 5.17 Å². The first-order valence-corrected chi connectivity index (χ1v) is 7.43. The normalized spacial score (nSPS) is 13.9. The molecule has 0 aromatic carbocycles. The van der Waals surface area contributed by atoms with E-state index in [0.717, 1.165) is 42.5 Å². The second-order valence-corrected chi connectivity index (χ2v) is 5.29. The van der Waals surface area contributed by atoms with Gasteiger partial charge in [0.25, 0.3) is 0 Å². The van der Waals surface area contributed by atoms with Crippen LogP contribution in [0.15, 0.2) is 27.4 Å². The largest absolute Gasteiger partial charge is 0.384 e. The summed E-state index contributed by atoms with van der Waals surface area (Å²) >= 11 is 9.23. The molecule has 0 unspecified atom stereocenters. The second kappa shape index (κ2) is 11.8. The van der Waals surface area contributed by atoms with Crippen molar-refractivity contribution in [3.63, 3.8) is 0 Å². The summed E-state index contributed by atoms with van der Waals surface area (Å²) in [5, 5.41) is 7.06. The van der Waals surface area contributed by atoms with Crippen molar-refractivity contribution in [2.45, 2.75) is 33.1 Å². The number of halogens is 2. The van der Waals surface area contributed by atoms with Gasteiger partial charge in [0.15, 0.2) is 0 Å². The molecule has 0 aromatic heterocycles. The molecule has 0 fully saturated rings. The first-order chi connectivity index (χ1) is 8.61. The highest BCUT2D eigenvalue weighted by molar-refractivity contribution is 9.12. The fourth-order valence-corrected chi connectivity index (χ4v) is 1.70. The van der Waals surface area contributed by atoms with Gasteiger partial charge in [-0.15, -0.1) is 0 Å². The minimum Gasteiger partial charge on any atom is -0.384 e. The highest BCUT2D eigenvalue weighted by Crippen LogP contribution is 2.16. The van der Waals surface area contributed by atoms with Gasteiger partial charge in [0.1, 0.15) is 5.17 Å². The Balaban J connectivity index is 4.48. The van der Waals surface area contributed by atoms with E-state index in [1.165, 1.54) is 0 Å². The molecule has 0 bridgehead atoms. The van der Waals surface area contributed by atoms with Crippen molar-refractivity contribution >= 4 is 32.7 Å². The van der Waals surface area contributed by atoms with Crippen molar-refractivity contribution in [3.8, 4) is 0 Å². The van der Waals surface area contributed by atoms with Gasteiger partial charge in [-0.05, 0) is 49.3 Å². The van der Waals surface area contributed by atoms with E-state index in [4.69, 9.17) is 11.6 Å². The minimum absolute atomic E-state index is 0.525. The Morgan fingerprint density at radius 1 is 1.39 bits per heavy atom. The number of nitrogens with one attached hydrogen (secondary N) is 2. The number of aliphatic imine (C=N–C) groups is 1. The lowest BCUT2D eigenvalue weighted by molar-refractivity contribution is 0.679. The van der Waals surface area contributed by atoms with Gasteiger partial charge >= 0.3 is 0 Å². The number of nitrogens with zero attached hydrogens (tertiary/aromatic N) is 1. The molecule has 0 aliphatic rings. The molecule has 0 amide bonds. The molecule has 0 aromatic rings. The lowest BCUT2D eigenvalue weighted by Gasteiger charge is -2.10. The lowest BCUT2D eigenvalue weighted by Crippen LogP contribution is -2.19. The standard InChI is InChI=1S/C13H23BrClN3/c1-4-5-7-13(17-9-6-8-16-3)12(14)10-18-11(2)15/h7,10,16-17H,4-6,8-9H2,1-3H3/b12-10+,13-7-,18-11?. The maximum absolute atomic E-state index is 5.71. The zero-order valence-corrected chi connectivity index (χ0v) is 13.7. The molecule has 104 valence electrons. The monoisotopic (exact) mass is 335 g/mol. The molecule has 0 spiro atoms. The van der Waals surface area contributed by atoms with Crippen molar-refractivity contribution < 1.29 is 0 Å². The third-order valence-electron chi connectivity index (χ3n) is 2.17. The number of allylic oxidation sites excluding steroid dienone is 2. The zero-order chi connectivity index (χ0) is 13.8. The highest BCUT2D eigenvalue weighted by atomic mass is 79.9. The van der Waals surface area contributed by atoms with E-state index in [2.05, 4.69) is 44.6 Å². The first kappa shape index (κ1) is 17.7. The van der Waals surface area contributed by atoms with E-state index in [1.807, 2.05) is 7.05 Å². The van der Waals surface area contributed by atoms with Crippen LogP contribution in [-0.4, -0.2) is 25.3 Å². The Kier molecular flexibility index (Phi) is 11.5. The summed E-state index contributed by atoms with van der Waals surface area (Å²) < 4.78 is 0.931. The zero-order valence-electron chi connectivity index (χ0n) is 11.4. The molecule has 0 radical (unpaired) electrons. The van der Waals surface area contributed by atoms with Gasteiger partial charge in [0.2, 0.25) is 0 Å².